The summed E-state index contributed by atoms with van der Waals surface area (Å²) in [6.07, 6.45) is 0.669. The van der Waals surface area contributed by atoms with Crippen molar-refractivity contribution in [3.05, 3.63) is 11.8 Å². The number of carboxylic acids is 1. The summed E-state index contributed by atoms with van der Waals surface area (Å²) in [6, 6.07) is 0. The van der Waals surface area contributed by atoms with Gasteiger partial charge in [-0.15, -0.1) is 0 Å². The molecule has 1 aliphatic rings. The van der Waals surface area contributed by atoms with Gasteiger partial charge in [-0.25, -0.2) is 4.79 Å². The highest BCUT2D eigenvalue weighted by Crippen LogP contribution is 2.35. The minimum Gasteiger partial charge on any atom is -0.499 e. The van der Waals surface area contributed by atoms with Crippen LogP contribution < -0.4 is 0 Å². The summed E-state index contributed by atoms with van der Waals surface area (Å²) in [4.78, 5) is 11.1. The highest BCUT2D eigenvalue weighted by atomic mass is 32.2. The van der Waals surface area contributed by atoms with E-state index in [2.05, 4.69) is 4.74 Å². The summed E-state index contributed by atoms with van der Waals surface area (Å²) < 4.78 is 33.6. The van der Waals surface area contributed by atoms with Crippen molar-refractivity contribution in [3.8, 4) is 0 Å². The lowest BCUT2D eigenvalue weighted by Gasteiger charge is -2.30. The molecule has 0 aromatic heterocycles. The Morgan fingerprint density at radius 2 is 2.19 bits per heavy atom. The number of hydrogen-bond acceptors (Lipinski definition) is 5. The van der Waals surface area contributed by atoms with Crippen LogP contribution in [0.2, 0.25) is 0 Å². The van der Waals surface area contributed by atoms with Crippen molar-refractivity contribution in [3.63, 3.8) is 0 Å². The van der Waals surface area contributed by atoms with Gasteiger partial charge in [0.25, 0.3) is 14.9 Å². The fourth-order valence-corrected chi connectivity index (χ4v) is 2.60. The first kappa shape index (κ1) is 12.7. The monoisotopic (exact) mass is 249 g/mol. The van der Waals surface area contributed by atoms with E-state index in [4.69, 9.17) is 15.1 Å². The van der Waals surface area contributed by atoms with Gasteiger partial charge in [-0.05, 0) is 6.08 Å². The van der Waals surface area contributed by atoms with Gasteiger partial charge in [0.1, 0.15) is 5.76 Å². The van der Waals surface area contributed by atoms with E-state index in [9.17, 15) is 13.2 Å². The van der Waals surface area contributed by atoms with E-state index in [0.29, 0.717) is 0 Å². The molecule has 0 saturated heterocycles. The second-order valence-electron chi connectivity index (χ2n) is 3.36. The predicted octanol–water partition coefficient (Wildman–Crippen LogP) is 0.0415. The summed E-state index contributed by atoms with van der Waals surface area (Å²) in [5.41, 5.74) is -0.0965. The van der Waals surface area contributed by atoms with Crippen molar-refractivity contribution in [1.82, 2.24) is 0 Å². The molecule has 1 rings (SSSR count). The Morgan fingerprint density at radius 1 is 1.62 bits per heavy atom. The SMILES string of the molecule is COC1=CCC(=N)CC1(C(=O)O)S(=O)(=O)O. The maximum absolute atomic E-state index is 11.2. The maximum atomic E-state index is 11.2. The number of ether oxygens (including phenoxy) is 1. The molecule has 90 valence electrons. The van der Waals surface area contributed by atoms with E-state index in [1.54, 1.807) is 0 Å². The van der Waals surface area contributed by atoms with Crippen LogP contribution in [0.15, 0.2) is 11.8 Å². The summed E-state index contributed by atoms with van der Waals surface area (Å²) >= 11 is 0. The van der Waals surface area contributed by atoms with Crippen molar-refractivity contribution in [2.45, 2.75) is 17.6 Å². The van der Waals surface area contributed by atoms with E-state index >= 15 is 0 Å². The second-order valence-corrected chi connectivity index (χ2v) is 5.01. The second kappa shape index (κ2) is 3.87. The van der Waals surface area contributed by atoms with E-state index in [1.165, 1.54) is 6.08 Å². The van der Waals surface area contributed by atoms with Crippen LogP contribution in [0.3, 0.4) is 0 Å². The third-order valence-electron chi connectivity index (χ3n) is 2.40. The lowest BCUT2D eigenvalue weighted by Crippen LogP contribution is -2.51. The molecular formula is C8H11NO6S. The molecule has 0 aromatic rings. The van der Waals surface area contributed by atoms with Gasteiger partial charge in [-0.3, -0.25) is 4.55 Å². The average molecular weight is 249 g/mol. The summed E-state index contributed by atoms with van der Waals surface area (Å²) in [5.74, 6) is -2.12. The van der Waals surface area contributed by atoms with Crippen molar-refractivity contribution in [2.75, 3.05) is 7.11 Å². The molecule has 0 aromatic carbocycles. The number of allylic oxidation sites excluding steroid dienone is 1. The van der Waals surface area contributed by atoms with Gasteiger partial charge >= 0.3 is 5.97 Å². The van der Waals surface area contributed by atoms with Crippen LogP contribution in [0.25, 0.3) is 0 Å². The van der Waals surface area contributed by atoms with Crippen molar-refractivity contribution < 1.29 is 27.6 Å². The van der Waals surface area contributed by atoms with Crippen molar-refractivity contribution >= 4 is 21.8 Å². The van der Waals surface area contributed by atoms with Crippen LogP contribution in [-0.2, 0) is 19.6 Å². The molecule has 8 heteroatoms. The molecule has 1 atom stereocenters. The Kier molecular flexibility index (Phi) is 3.06. The smallest absolute Gasteiger partial charge is 0.335 e. The summed E-state index contributed by atoms with van der Waals surface area (Å²) in [5, 5.41) is 16.3. The molecule has 1 unspecified atom stereocenters. The highest BCUT2D eigenvalue weighted by Gasteiger charge is 2.57. The lowest BCUT2D eigenvalue weighted by molar-refractivity contribution is -0.140. The van der Waals surface area contributed by atoms with Crippen molar-refractivity contribution in [1.29, 1.82) is 5.41 Å². The number of hydrogen-bond donors (Lipinski definition) is 3. The molecule has 3 N–H and O–H groups in total. The van der Waals surface area contributed by atoms with E-state index in [-0.39, 0.29) is 17.9 Å². The van der Waals surface area contributed by atoms with Crippen LogP contribution in [0.4, 0.5) is 0 Å². The molecule has 0 fully saturated rings. The van der Waals surface area contributed by atoms with Crippen LogP contribution >= 0.6 is 0 Å². The molecule has 0 radical (unpaired) electrons. The van der Waals surface area contributed by atoms with Crippen LogP contribution in [0.1, 0.15) is 12.8 Å². The zero-order valence-corrected chi connectivity index (χ0v) is 9.24. The number of aliphatic carboxylic acids is 1. The van der Waals surface area contributed by atoms with Gasteiger partial charge in [-0.1, -0.05) is 0 Å². The highest BCUT2D eigenvalue weighted by molar-refractivity contribution is 7.88. The predicted molar refractivity (Wildman–Crippen MR) is 54.0 cm³/mol. The molecule has 1 aliphatic carbocycles. The molecule has 0 aliphatic heterocycles. The third-order valence-corrected chi connectivity index (χ3v) is 3.80. The molecule has 7 nitrogen and oxygen atoms in total. The number of carbonyl (C=O) groups is 1. The number of rotatable bonds is 3. The minimum absolute atomic E-state index is 0.0965. The Labute approximate surface area is 92.0 Å². The largest absolute Gasteiger partial charge is 0.499 e. The Hall–Kier alpha value is -1.41. The fourth-order valence-electron chi connectivity index (χ4n) is 1.60. The number of methoxy groups -OCH3 is 1. The minimum atomic E-state index is -4.91. The fraction of sp³-hybridized carbons (Fsp3) is 0.500. The van der Waals surface area contributed by atoms with E-state index < -0.39 is 27.3 Å². The zero-order valence-electron chi connectivity index (χ0n) is 8.43. The van der Waals surface area contributed by atoms with Crippen molar-refractivity contribution in [2.24, 2.45) is 0 Å². The van der Waals surface area contributed by atoms with Crippen LogP contribution in [0, 0.1) is 5.41 Å². The van der Waals surface area contributed by atoms with E-state index in [1.807, 2.05) is 0 Å². The first-order valence-corrected chi connectivity index (χ1v) is 5.71. The zero-order chi connectivity index (χ0) is 12.6. The molecule has 0 bridgehead atoms. The van der Waals surface area contributed by atoms with Crippen LogP contribution in [-0.4, -0.2) is 41.6 Å². The third kappa shape index (κ3) is 1.69. The molecule has 0 amide bonds. The molecule has 0 saturated carbocycles. The Morgan fingerprint density at radius 3 is 2.56 bits per heavy atom. The number of carboxylic acid groups (broad SMARTS) is 1. The summed E-state index contributed by atoms with van der Waals surface area (Å²) in [7, 11) is -3.80. The average Bonchev–Trinajstić information content (AvgIpc) is 2.15. The van der Waals surface area contributed by atoms with Gasteiger partial charge in [0.2, 0.25) is 0 Å². The van der Waals surface area contributed by atoms with Gasteiger partial charge in [0, 0.05) is 18.6 Å². The first-order valence-electron chi connectivity index (χ1n) is 4.27. The maximum Gasteiger partial charge on any atom is 0.335 e. The lowest BCUT2D eigenvalue weighted by atomic mass is 9.91. The topological polar surface area (TPSA) is 125 Å². The molecule has 0 spiro atoms. The summed E-state index contributed by atoms with van der Waals surface area (Å²) in [6.45, 7) is 0. The first-order chi connectivity index (χ1) is 7.25. The Balaban J connectivity index is 3.50. The van der Waals surface area contributed by atoms with Gasteiger partial charge in [-0.2, -0.15) is 8.42 Å². The van der Waals surface area contributed by atoms with Gasteiger partial charge in [0.15, 0.2) is 0 Å². The van der Waals surface area contributed by atoms with E-state index in [0.717, 1.165) is 7.11 Å². The molecular weight excluding hydrogens is 238 g/mol. The molecule has 16 heavy (non-hydrogen) atoms. The molecule has 0 heterocycles. The standard InChI is InChI=1S/C8H11NO6S/c1-15-6-3-2-5(9)4-8(6,7(10)11)16(12,13)14/h3,9H,2,4H2,1H3,(H,10,11)(H,12,13,14). The quantitative estimate of drug-likeness (QED) is 0.606. The normalized spacial score (nSPS) is 26.1. The Bertz CT molecular complexity index is 465. The van der Waals surface area contributed by atoms with Gasteiger partial charge in [0.05, 0.1) is 7.11 Å². The van der Waals surface area contributed by atoms with Gasteiger partial charge < -0.3 is 15.3 Å². The van der Waals surface area contributed by atoms with Crippen LogP contribution in [0.5, 0.6) is 0 Å². The number of nitrogens with one attached hydrogen (secondary N) is 1.